The molecule has 5 nitrogen and oxygen atoms in total. The zero-order valence-electron chi connectivity index (χ0n) is 13.0. The normalized spacial score (nSPS) is 9.96. The summed E-state index contributed by atoms with van der Waals surface area (Å²) in [6.45, 7) is 2.03. The molecule has 23 heavy (non-hydrogen) atoms. The molecule has 0 saturated carbocycles. The van der Waals surface area contributed by atoms with Crippen molar-refractivity contribution in [1.29, 1.82) is 0 Å². The second-order valence-corrected chi connectivity index (χ2v) is 4.97. The number of ether oxygens (including phenoxy) is 1. The van der Waals surface area contributed by atoms with Crippen molar-refractivity contribution in [2.24, 2.45) is 0 Å². The van der Waals surface area contributed by atoms with E-state index >= 15 is 0 Å². The number of rotatable bonds is 6. The molecular formula is C18H20N2O3. The predicted molar refractivity (Wildman–Crippen MR) is 88.4 cm³/mol. The quantitative estimate of drug-likeness (QED) is 0.861. The molecule has 0 radical (unpaired) electrons. The topological polar surface area (TPSA) is 67.4 Å². The largest absolute Gasteiger partial charge is 0.483 e. The lowest BCUT2D eigenvalue weighted by Gasteiger charge is -2.11. The van der Waals surface area contributed by atoms with Crippen LogP contribution in [0.25, 0.3) is 0 Å². The van der Waals surface area contributed by atoms with E-state index in [2.05, 4.69) is 10.6 Å². The third-order valence-electron chi connectivity index (χ3n) is 3.16. The van der Waals surface area contributed by atoms with Gasteiger partial charge in [0.05, 0.1) is 0 Å². The second-order valence-electron chi connectivity index (χ2n) is 4.97. The Morgan fingerprint density at radius 2 is 1.70 bits per heavy atom. The maximum absolute atomic E-state index is 11.7. The number of para-hydroxylation sites is 1. The van der Waals surface area contributed by atoms with Crippen molar-refractivity contribution in [2.45, 2.75) is 13.3 Å². The SMILES string of the molecule is CCNC(=O)NC(=O)COc1ccccc1Cc1ccccc1. The Balaban J connectivity index is 1.95. The summed E-state index contributed by atoms with van der Waals surface area (Å²) >= 11 is 0. The van der Waals surface area contributed by atoms with Gasteiger partial charge in [-0.1, -0.05) is 48.5 Å². The molecular weight excluding hydrogens is 292 g/mol. The molecule has 120 valence electrons. The van der Waals surface area contributed by atoms with Crippen LogP contribution in [0.4, 0.5) is 4.79 Å². The summed E-state index contributed by atoms with van der Waals surface area (Å²) < 4.78 is 5.56. The van der Waals surface area contributed by atoms with Crippen molar-refractivity contribution >= 4 is 11.9 Å². The molecule has 0 aliphatic carbocycles. The van der Waals surface area contributed by atoms with Gasteiger partial charge >= 0.3 is 6.03 Å². The van der Waals surface area contributed by atoms with E-state index in [1.54, 1.807) is 6.92 Å². The van der Waals surface area contributed by atoms with Crippen LogP contribution in [0.1, 0.15) is 18.1 Å². The fourth-order valence-corrected chi connectivity index (χ4v) is 2.12. The van der Waals surface area contributed by atoms with Crippen molar-refractivity contribution in [3.63, 3.8) is 0 Å². The summed E-state index contributed by atoms with van der Waals surface area (Å²) in [6, 6.07) is 17.1. The summed E-state index contributed by atoms with van der Waals surface area (Å²) in [5.41, 5.74) is 2.15. The lowest BCUT2D eigenvalue weighted by molar-refractivity contribution is -0.122. The van der Waals surface area contributed by atoms with Gasteiger partial charge in [-0.15, -0.1) is 0 Å². The molecule has 2 aromatic rings. The molecule has 0 spiro atoms. The number of urea groups is 1. The standard InChI is InChI=1S/C18H20N2O3/c1-2-19-18(22)20-17(21)13-23-16-11-7-6-10-15(16)12-14-8-4-3-5-9-14/h3-11H,2,12-13H2,1H3,(H2,19,20,21,22). The Bertz CT molecular complexity index is 656. The number of carbonyl (C=O) groups excluding carboxylic acids is 2. The minimum atomic E-state index is -0.515. The monoisotopic (exact) mass is 312 g/mol. The molecule has 0 unspecified atom stereocenters. The third kappa shape index (κ3) is 5.47. The van der Waals surface area contributed by atoms with Gasteiger partial charge in [-0.05, 0) is 24.1 Å². The highest BCUT2D eigenvalue weighted by atomic mass is 16.5. The van der Waals surface area contributed by atoms with Crippen LogP contribution < -0.4 is 15.4 Å². The average Bonchev–Trinajstić information content (AvgIpc) is 2.55. The number of amides is 3. The second kappa shape index (κ2) is 8.58. The van der Waals surface area contributed by atoms with Crippen LogP contribution in [0.3, 0.4) is 0 Å². The van der Waals surface area contributed by atoms with Crippen LogP contribution in [0, 0.1) is 0 Å². The van der Waals surface area contributed by atoms with Gasteiger partial charge in [-0.2, -0.15) is 0 Å². The maximum Gasteiger partial charge on any atom is 0.321 e. The van der Waals surface area contributed by atoms with Crippen molar-refractivity contribution in [3.8, 4) is 5.75 Å². The number of benzene rings is 2. The van der Waals surface area contributed by atoms with Crippen LogP contribution in [0.5, 0.6) is 5.75 Å². The van der Waals surface area contributed by atoms with Gasteiger partial charge in [0.15, 0.2) is 6.61 Å². The first-order chi connectivity index (χ1) is 11.2. The lowest BCUT2D eigenvalue weighted by Crippen LogP contribution is -2.41. The predicted octanol–water partition coefficient (Wildman–Crippen LogP) is 2.50. The van der Waals surface area contributed by atoms with E-state index in [4.69, 9.17) is 4.74 Å². The molecule has 0 heterocycles. The van der Waals surface area contributed by atoms with Crippen LogP contribution >= 0.6 is 0 Å². The molecule has 0 saturated heterocycles. The molecule has 0 aliphatic heterocycles. The Labute approximate surface area is 135 Å². The van der Waals surface area contributed by atoms with E-state index in [0.717, 1.165) is 17.5 Å². The van der Waals surface area contributed by atoms with Gasteiger partial charge < -0.3 is 10.1 Å². The Morgan fingerprint density at radius 1 is 1.00 bits per heavy atom. The minimum absolute atomic E-state index is 0.205. The summed E-state index contributed by atoms with van der Waals surface area (Å²) in [6.07, 6.45) is 0.717. The molecule has 5 heteroatoms. The van der Waals surface area contributed by atoms with Crippen molar-refractivity contribution in [2.75, 3.05) is 13.2 Å². The van der Waals surface area contributed by atoms with Crippen molar-refractivity contribution in [3.05, 3.63) is 65.7 Å². The Hall–Kier alpha value is -2.82. The Morgan fingerprint density at radius 3 is 2.43 bits per heavy atom. The van der Waals surface area contributed by atoms with Gasteiger partial charge in [0, 0.05) is 13.0 Å². The van der Waals surface area contributed by atoms with E-state index in [1.807, 2.05) is 54.6 Å². The highest BCUT2D eigenvalue weighted by Crippen LogP contribution is 2.21. The fraction of sp³-hybridized carbons (Fsp3) is 0.222. The minimum Gasteiger partial charge on any atom is -0.483 e. The zero-order valence-corrected chi connectivity index (χ0v) is 13.0. The molecule has 0 aromatic heterocycles. The van der Waals surface area contributed by atoms with Crippen molar-refractivity contribution in [1.82, 2.24) is 10.6 Å². The van der Waals surface area contributed by atoms with E-state index in [9.17, 15) is 9.59 Å². The summed E-state index contributed by atoms with van der Waals surface area (Å²) in [5, 5.41) is 4.70. The molecule has 2 rings (SSSR count). The van der Waals surface area contributed by atoms with Gasteiger partial charge in [0.1, 0.15) is 5.75 Å². The average molecular weight is 312 g/mol. The molecule has 0 atom stereocenters. The first kappa shape index (κ1) is 16.5. The van der Waals surface area contributed by atoms with Gasteiger partial charge in [0.25, 0.3) is 5.91 Å². The summed E-state index contributed by atoms with van der Waals surface area (Å²) in [5.74, 6) is 0.160. The smallest absolute Gasteiger partial charge is 0.321 e. The number of hydrogen-bond acceptors (Lipinski definition) is 3. The zero-order chi connectivity index (χ0) is 16.5. The summed E-state index contributed by atoms with van der Waals surface area (Å²) in [4.78, 5) is 22.9. The van der Waals surface area contributed by atoms with Crippen LogP contribution in [-0.2, 0) is 11.2 Å². The molecule has 2 N–H and O–H groups in total. The van der Waals surface area contributed by atoms with E-state index in [-0.39, 0.29) is 6.61 Å². The fourth-order valence-electron chi connectivity index (χ4n) is 2.12. The van der Waals surface area contributed by atoms with Crippen molar-refractivity contribution < 1.29 is 14.3 Å². The van der Waals surface area contributed by atoms with E-state index in [0.29, 0.717) is 12.3 Å². The van der Waals surface area contributed by atoms with Crippen LogP contribution in [0.15, 0.2) is 54.6 Å². The van der Waals surface area contributed by atoms with Crippen LogP contribution in [-0.4, -0.2) is 25.1 Å². The van der Waals surface area contributed by atoms with Crippen LogP contribution in [0.2, 0.25) is 0 Å². The first-order valence-electron chi connectivity index (χ1n) is 7.51. The first-order valence-corrected chi connectivity index (χ1v) is 7.51. The van der Waals surface area contributed by atoms with E-state index < -0.39 is 11.9 Å². The number of imide groups is 1. The molecule has 0 bridgehead atoms. The Kier molecular flexibility index (Phi) is 6.17. The number of nitrogens with one attached hydrogen (secondary N) is 2. The highest BCUT2D eigenvalue weighted by molar-refractivity contribution is 5.94. The lowest BCUT2D eigenvalue weighted by atomic mass is 10.0. The highest BCUT2D eigenvalue weighted by Gasteiger charge is 2.09. The van der Waals surface area contributed by atoms with E-state index in [1.165, 1.54) is 0 Å². The molecule has 3 amide bonds. The third-order valence-corrected chi connectivity index (χ3v) is 3.16. The number of carbonyl (C=O) groups is 2. The molecule has 0 aliphatic rings. The molecule has 2 aromatic carbocycles. The van der Waals surface area contributed by atoms with Gasteiger partial charge in [-0.3, -0.25) is 10.1 Å². The summed E-state index contributed by atoms with van der Waals surface area (Å²) in [7, 11) is 0. The van der Waals surface area contributed by atoms with Gasteiger partial charge in [0.2, 0.25) is 0 Å². The van der Waals surface area contributed by atoms with Gasteiger partial charge in [-0.25, -0.2) is 4.79 Å². The molecule has 0 fully saturated rings. The maximum atomic E-state index is 11.7. The number of hydrogen-bond donors (Lipinski definition) is 2.